The van der Waals surface area contributed by atoms with Crippen molar-refractivity contribution in [3.05, 3.63) is 41.5 Å². The first-order chi connectivity index (χ1) is 8.58. The molecule has 0 spiro atoms. The lowest BCUT2D eigenvalue weighted by atomic mass is 10.0. The predicted molar refractivity (Wildman–Crippen MR) is 67.9 cm³/mol. The largest absolute Gasteiger partial charge is 0.481 e. The van der Waals surface area contributed by atoms with Crippen LogP contribution in [0.1, 0.15) is 11.1 Å². The third-order valence-electron chi connectivity index (χ3n) is 3.14. The number of carboxylic acids is 1. The quantitative estimate of drug-likeness (QED) is 0.822. The number of nitrogens with zero attached hydrogens (tertiary/aromatic N) is 1. The SMILES string of the molecule is Cc1ccccc1C=CC(=O)N1CC(C(=O)O)C1. The molecule has 1 aliphatic rings. The van der Waals surface area contributed by atoms with Crippen LogP contribution in [0.3, 0.4) is 0 Å². The van der Waals surface area contributed by atoms with Crippen molar-refractivity contribution in [3.63, 3.8) is 0 Å². The lowest BCUT2D eigenvalue weighted by Crippen LogP contribution is -2.52. The van der Waals surface area contributed by atoms with Crippen LogP contribution in [0.4, 0.5) is 0 Å². The van der Waals surface area contributed by atoms with Gasteiger partial charge in [-0.1, -0.05) is 24.3 Å². The first-order valence-corrected chi connectivity index (χ1v) is 5.83. The monoisotopic (exact) mass is 245 g/mol. The average Bonchev–Trinajstić information content (AvgIpc) is 2.25. The Kier molecular flexibility index (Phi) is 3.46. The van der Waals surface area contributed by atoms with Crippen LogP contribution in [0.2, 0.25) is 0 Å². The van der Waals surface area contributed by atoms with Crippen LogP contribution in [0.15, 0.2) is 30.3 Å². The van der Waals surface area contributed by atoms with Crippen LogP contribution in [0.5, 0.6) is 0 Å². The zero-order valence-electron chi connectivity index (χ0n) is 10.2. The number of rotatable bonds is 3. The second-order valence-electron chi connectivity index (χ2n) is 4.47. The second-order valence-corrected chi connectivity index (χ2v) is 4.47. The van der Waals surface area contributed by atoms with E-state index in [0.29, 0.717) is 13.1 Å². The Hall–Kier alpha value is -2.10. The van der Waals surface area contributed by atoms with Gasteiger partial charge in [0.1, 0.15) is 0 Å². The topological polar surface area (TPSA) is 57.6 Å². The van der Waals surface area contributed by atoms with Crippen molar-refractivity contribution in [2.45, 2.75) is 6.92 Å². The molecule has 1 aromatic rings. The van der Waals surface area contributed by atoms with Gasteiger partial charge in [-0.3, -0.25) is 9.59 Å². The summed E-state index contributed by atoms with van der Waals surface area (Å²) in [5.74, 6) is -1.36. The fourth-order valence-electron chi connectivity index (χ4n) is 1.85. The average molecular weight is 245 g/mol. The van der Waals surface area contributed by atoms with E-state index < -0.39 is 11.9 Å². The maximum absolute atomic E-state index is 11.7. The van der Waals surface area contributed by atoms with E-state index in [2.05, 4.69) is 0 Å². The van der Waals surface area contributed by atoms with Crippen molar-refractivity contribution in [2.24, 2.45) is 5.92 Å². The van der Waals surface area contributed by atoms with Gasteiger partial charge < -0.3 is 10.0 Å². The molecule has 0 aromatic heterocycles. The summed E-state index contributed by atoms with van der Waals surface area (Å²) in [5, 5.41) is 8.72. The Morgan fingerprint density at radius 2 is 2.00 bits per heavy atom. The Morgan fingerprint density at radius 3 is 2.61 bits per heavy atom. The summed E-state index contributed by atoms with van der Waals surface area (Å²) in [6.07, 6.45) is 3.27. The van der Waals surface area contributed by atoms with Crippen molar-refractivity contribution >= 4 is 18.0 Å². The molecule has 1 aliphatic heterocycles. The molecule has 0 radical (unpaired) electrons. The molecule has 0 unspecified atom stereocenters. The highest BCUT2D eigenvalue weighted by Crippen LogP contribution is 2.16. The summed E-state index contributed by atoms with van der Waals surface area (Å²) in [5.41, 5.74) is 2.11. The number of amides is 1. The van der Waals surface area contributed by atoms with Crippen molar-refractivity contribution in [3.8, 4) is 0 Å². The smallest absolute Gasteiger partial charge is 0.310 e. The van der Waals surface area contributed by atoms with E-state index in [1.165, 1.54) is 11.0 Å². The number of carbonyl (C=O) groups is 2. The van der Waals surface area contributed by atoms with Gasteiger partial charge in [0.25, 0.3) is 0 Å². The van der Waals surface area contributed by atoms with E-state index in [1.807, 2.05) is 31.2 Å². The molecule has 4 heteroatoms. The number of aryl methyl sites for hydroxylation is 1. The molecule has 0 saturated carbocycles. The number of hydrogen-bond acceptors (Lipinski definition) is 2. The van der Waals surface area contributed by atoms with Gasteiger partial charge in [0, 0.05) is 19.2 Å². The van der Waals surface area contributed by atoms with E-state index >= 15 is 0 Å². The van der Waals surface area contributed by atoms with Gasteiger partial charge in [0.2, 0.25) is 5.91 Å². The predicted octanol–water partition coefficient (Wildman–Crippen LogP) is 1.55. The summed E-state index contributed by atoms with van der Waals surface area (Å²) in [6, 6.07) is 7.78. The summed E-state index contributed by atoms with van der Waals surface area (Å²) >= 11 is 0. The molecule has 2 rings (SSSR count). The van der Waals surface area contributed by atoms with E-state index in [1.54, 1.807) is 6.08 Å². The van der Waals surface area contributed by atoms with Crippen molar-refractivity contribution in [1.82, 2.24) is 4.90 Å². The highest BCUT2D eigenvalue weighted by atomic mass is 16.4. The van der Waals surface area contributed by atoms with Gasteiger partial charge in [-0.15, -0.1) is 0 Å². The van der Waals surface area contributed by atoms with Crippen LogP contribution in [0, 0.1) is 12.8 Å². The molecule has 1 heterocycles. The van der Waals surface area contributed by atoms with Crippen LogP contribution in [0.25, 0.3) is 6.08 Å². The molecule has 1 N–H and O–H groups in total. The molecule has 1 amide bonds. The molecule has 18 heavy (non-hydrogen) atoms. The molecule has 1 saturated heterocycles. The minimum absolute atomic E-state index is 0.129. The molecule has 0 aliphatic carbocycles. The number of benzene rings is 1. The minimum Gasteiger partial charge on any atom is -0.481 e. The number of likely N-dealkylation sites (tertiary alicyclic amines) is 1. The molecule has 1 fully saturated rings. The van der Waals surface area contributed by atoms with E-state index in [-0.39, 0.29) is 5.91 Å². The highest BCUT2D eigenvalue weighted by Gasteiger charge is 2.34. The van der Waals surface area contributed by atoms with Gasteiger partial charge >= 0.3 is 5.97 Å². The number of aliphatic carboxylic acids is 1. The highest BCUT2D eigenvalue weighted by molar-refractivity contribution is 5.93. The lowest BCUT2D eigenvalue weighted by molar-refractivity contribution is -0.151. The molecule has 94 valence electrons. The summed E-state index contributed by atoms with van der Waals surface area (Å²) in [4.78, 5) is 23.9. The molecule has 0 bridgehead atoms. The fraction of sp³-hybridized carbons (Fsp3) is 0.286. The zero-order chi connectivity index (χ0) is 13.1. The van der Waals surface area contributed by atoms with Crippen molar-refractivity contribution in [1.29, 1.82) is 0 Å². The summed E-state index contributed by atoms with van der Waals surface area (Å²) in [6.45, 7) is 2.60. The maximum atomic E-state index is 11.7. The maximum Gasteiger partial charge on any atom is 0.310 e. The fourth-order valence-corrected chi connectivity index (χ4v) is 1.85. The standard InChI is InChI=1S/C14H15NO3/c1-10-4-2-3-5-11(10)6-7-13(16)15-8-12(9-15)14(17)18/h2-7,12H,8-9H2,1H3,(H,17,18). The minimum atomic E-state index is -0.832. The van der Waals surface area contributed by atoms with Gasteiger partial charge in [-0.25, -0.2) is 0 Å². The summed E-state index contributed by atoms with van der Waals surface area (Å²) in [7, 11) is 0. The number of carbonyl (C=O) groups excluding carboxylic acids is 1. The number of carboxylic acid groups (broad SMARTS) is 1. The van der Waals surface area contributed by atoms with Crippen LogP contribution >= 0.6 is 0 Å². The van der Waals surface area contributed by atoms with Crippen LogP contribution < -0.4 is 0 Å². The van der Waals surface area contributed by atoms with E-state index in [4.69, 9.17) is 5.11 Å². The molecule has 4 nitrogen and oxygen atoms in total. The Bertz CT molecular complexity index is 502. The first-order valence-electron chi connectivity index (χ1n) is 5.83. The molecular weight excluding hydrogens is 230 g/mol. The molecule has 0 atom stereocenters. The number of hydrogen-bond donors (Lipinski definition) is 1. The Labute approximate surface area is 106 Å². The van der Waals surface area contributed by atoms with E-state index in [9.17, 15) is 9.59 Å². The lowest BCUT2D eigenvalue weighted by Gasteiger charge is -2.35. The molecule has 1 aromatic carbocycles. The molecular formula is C14H15NO3. The van der Waals surface area contributed by atoms with Crippen molar-refractivity contribution < 1.29 is 14.7 Å². The van der Waals surface area contributed by atoms with Gasteiger partial charge in [-0.2, -0.15) is 0 Å². The second kappa shape index (κ2) is 5.04. The van der Waals surface area contributed by atoms with Crippen LogP contribution in [-0.4, -0.2) is 35.0 Å². The van der Waals surface area contributed by atoms with Gasteiger partial charge in [-0.05, 0) is 24.1 Å². The Morgan fingerprint density at radius 1 is 1.33 bits per heavy atom. The van der Waals surface area contributed by atoms with Gasteiger partial charge in [0.05, 0.1) is 5.92 Å². The van der Waals surface area contributed by atoms with Gasteiger partial charge in [0.15, 0.2) is 0 Å². The summed E-state index contributed by atoms with van der Waals surface area (Å²) < 4.78 is 0. The third kappa shape index (κ3) is 2.59. The van der Waals surface area contributed by atoms with E-state index in [0.717, 1.165) is 11.1 Å². The van der Waals surface area contributed by atoms with Crippen LogP contribution in [-0.2, 0) is 9.59 Å². The van der Waals surface area contributed by atoms with Crippen molar-refractivity contribution in [2.75, 3.05) is 13.1 Å². The zero-order valence-corrected chi connectivity index (χ0v) is 10.2. The first kappa shape index (κ1) is 12.4. The Balaban J connectivity index is 1.93. The third-order valence-corrected chi connectivity index (χ3v) is 3.14. The normalized spacial score (nSPS) is 15.7.